The van der Waals surface area contributed by atoms with Gasteiger partial charge in [0.05, 0.1) is 18.8 Å². The molecule has 0 saturated carbocycles. The number of halogens is 1. The third kappa shape index (κ3) is 3.75. The number of hydrogen-bond donors (Lipinski definition) is 0. The van der Waals surface area contributed by atoms with E-state index in [1.807, 2.05) is 0 Å². The number of hydrogen-bond acceptors (Lipinski definition) is 6. The Bertz CT molecular complexity index is 1460. The number of fused-ring (bicyclic) bond motifs is 1. The van der Waals surface area contributed by atoms with Crippen LogP contribution in [0.4, 0.5) is 4.39 Å². The van der Waals surface area contributed by atoms with Gasteiger partial charge in [0.25, 0.3) is 5.56 Å². The van der Waals surface area contributed by atoms with Crippen molar-refractivity contribution >= 4 is 22.9 Å². The van der Waals surface area contributed by atoms with Crippen LogP contribution in [0.25, 0.3) is 16.8 Å². The van der Waals surface area contributed by atoms with Gasteiger partial charge in [-0.3, -0.25) is 14.2 Å². The van der Waals surface area contributed by atoms with Gasteiger partial charge in [0.1, 0.15) is 28.9 Å². The Morgan fingerprint density at radius 3 is 2.61 bits per heavy atom. The standard InChI is InChI=1S/C24H22FN3O5/c1-5-32-24(31)20-15(4)33-22-21(20)23(30)27(12-26-22)11-19(29)16-10-13(2)28(14(16)3)18-9-7-6-8-17(18)25/h6-10,12H,5,11H2,1-4H3. The summed E-state index contributed by atoms with van der Waals surface area (Å²) in [6.07, 6.45) is 1.20. The minimum absolute atomic E-state index is 0.00184. The molecule has 0 radical (unpaired) electrons. The van der Waals surface area contributed by atoms with Crippen molar-refractivity contribution in [3.05, 3.63) is 81.1 Å². The number of aryl methyl sites for hydroxylation is 2. The number of esters is 1. The highest BCUT2D eigenvalue weighted by Gasteiger charge is 2.25. The quantitative estimate of drug-likeness (QED) is 0.326. The Morgan fingerprint density at radius 2 is 1.91 bits per heavy atom. The molecule has 0 unspecified atom stereocenters. The molecule has 4 aromatic rings. The summed E-state index contributed by atoms with van der Waals surface area (Å²) in [5, 5.41) is -0.0296. The van der Waals surface area contributed by atoms with E-state index in [0.717, 1.165) is 4.57 Å². The molecule has 8 nitrogen and oxygen atoms in total. The van der Waals surface area contributed by atoms with Gasteiger partial charge in [-0.15, -0.1) is 0 Å². The number of furan rings is 1. The fourth-order valence-corrected chi connectivity index (χ4v) is 3.99. The second kappa shape index (κ2) is 8.50. The van der Waals surface area contributed by atoms with Crippen LogP contribution >= 0.6 is 0 Å². The highest BCUT2D eigenvalue weighted by Crippen LogP contribution is 2.24. The molecule has 9 heteroatoms. The minimum Gasteiger partial charge on any atom is -0.462 e. The normalized spacial score (nSPS) is 11.2. The van der Waals surface area contributed by atoms with Crippen molar-refractivity contribution in [2.75, 3.05) is 6.61 Å². The summed E-state index contributed by atoms with van der Waals surface area (Å²) >= 11 is 0. The first kappa shape index (κ1) is 22.2. The molecule has 0 aliphatic rings. The zero-order valence-electron chi connectivity index (χ0n) is 18.6. The van der Waals surface area contributed by atoms with Crippen molar-refractivity contribution in [1.29, 1.82) is 0 Å². The van der Waals surface area contributed by atoms with Crippen molar-refractivity contribution in [1.82, 2.24) is 14.1 Å². The number of carbonyl (C=O) groups is 2. The Kier molecular flexibility index (Phi) is 5.71. The van der Waals surface area contributed by atoms with Crippen LogP contribution in [0, 0.1) is 26.6 Å². The monoisotopic (exact) mass is 451 g/mol. The first-order chi connectivity index (χ1) is 15.7. The van der Waals surface area contributed by atoms with Crippen LogP contribution in [0.1, 0.15) is 44.8 Å². The van der Waals surface area contributed by atoms with Crippen molar-refractivity contribution in [3.63, 3.8) is 0 Å². The fourth-order valence-electron chi connectivity index (χ4n) is 3.99. The van der Waals surface area contributed by atoms with Gasteiger partial charge >= 0.3 is 5.97 Å². The van der Waals surface area contributed by atoms with E-state index in [9.17, 15) is 18.8 Å². The maximum atomic E-state index is 14.3. The molecule has 170 valence electrons. The molecule has 0 N–H and O–H groups in total. The molecule has 3 aromatic heterocycles. The Hall–Kier alpha value is -4.01. The number of benzene rings is 1. The third-order valence-electron chi connectivity index (χ3n) is 5.47. The van der Waals surface area contributed by atoms with Gasteiger partial charge < -0.3 is 13.7 Å². The van der Waals surface area contributed by atoms with Gasteiger partial charge in [0, 0.05) is 17.0 Å². The first-order valence-electron chi connectivity index (χ1n) is 10.4. The van der Waals surface area contributed by atoms with Crippen LogP contribution < -0.4 is 5.56 Å². The van der Waals surface area contributed by atoms with Crippen molar-refractivity contribution in [3.8, 4) is 5.69 Å². The molecule has 0 saturated heterocycles. The van der Waals surface area contributed by atoms with E-state index < -0.39 is 17.3 Å². The van der Waals surface area contributed by atoms with Gasteiger partial charge in [-0.25, -0.2) is 14.2 Å². The molecule has 0 fully saturated rings. The van der Waals surface area contributed by atoms with E-state index >= 15 is 0 Å². The molecular weight excluding hydrogens is 429 g/mol. The van der Waals surface area contributed by atoms with Crippen molar-refractivity contribution < 1.29 is 23.1 Å². The Morgan fingerprint density at radius 1 is 1.18 bits per heavy atom. The molecule has 1 aromatic carbocycles. The Balaban J connectivity index is 1.74. The average molecular weight is 451 g/mol. The van der Waals surface area contributed by atoms with Crippen LogP contribution in [0.15, 0.2) is 45.9 Å². The number of carbonyl (C=O) groups excluding carboxylic acids is 2. The van der Waals surface area contributed by atoms with E-state index in [1.54, 1.807) is 56.5 Å². The van der Waals surface area contributed by atoms with E-state index in [0.29, 0.717) is 22.6 Å². The lowest BCUT2D eigenvalue weighted by Crippen LogP contribution is -2.25. The minimum atomic E-state index is -0.690. The molecule has 0 spiro atoms. The van der Waals surface area contributed by atoms with Gasteiger partial charge in [0.2, 0.25) is 5.71 Å². The molecule has 3 heterocycles. The third-order valence-corrected chi connectivity index (χ3v) is 5.47. The van der Waals surface area contributed by atoms with Crippen LogP contribution in [-0.2, 0) is 11.3 Å². The lowest BCUT2D eigenvalue weighted by atomic mass is 10.1. The summed E-state index contributed by atoms with van der Waals surface area (Å²) in [6, 6.07) is 7.95. The van der Waals surface area contributed by atoms with Gasteiger partial charge in [-0.1, -0.05) is 12.1 Å². The lowest BCUT2D eigenvalue weighted by Gasteiger charge is -2.11. The first-order valence-corrected chi connectivity index (χ1v) is 10.4. The average Bonchev–Trinajstić information content (AvgIpc) is 3.27. The predicted molar refractivity (Wildman–Crippen MR) is 118 cm³/mol. The summed E-state index contributed by atoms with van der Waals surface area (Å²) in [4.78, 5) is 42.7. The predicted octanol–water partition coefficient (Wildman–Crippen LogP) is 3.90. The van der Waals surface area contributed by atoms with Crippen LogP contribution in [-0.4, -0.2) is 32.5 Å². The van der Waals surface area contributed by atoms with E-state index in [1.165, 1.54) is 12.4 Å². The number of rotatable bonds is 6. The Labute approximate surface area is 188 Å². The number of nitrogens with zero attached hydrogens (tertiary/aromatic N) is 3. The largest absolute Gasteiger partial charge is 0.462 e. The number of para-hydroxylation sites is 1. The maximum Gasteiger partial charge on any atom is 0.342 e. The number of Topliss-reactive ketones (excluding diaryl/α,β-unsaturated/α-hetero) is 1. The van der Waals surface area contributed by atoms with Gasteiger partial charge in [-0.05, 0) is 45.9 Å². The molecule has 0 bridgehead atoms. The number of ketones is 1. The van der Waals surface area contributed by atoms with Crippen LogP contribution in [0.3, 0.4) is 0 Å². The van der Waals surface area contributed by atoms with Crippen molar-refractivity contribution in [2.24, 2.45) is 0 Å². The van der Waals surface area contributed by atoms with E-state index in [2.05, 4.69) is 4.98 Å². The highest BCUT2D eigenvalue weighted by atomic mass is 19.1. The summed E-state index contributed by atoms with van der Waals surface area (Å²) < 4.78 is 27.6. The van der Waals surface area contributed by atoms with Crippen LogP contribution in [0.2, 0.25) is 0 Å². The van der Waals surface area contributed by atoms with Crippen LogP contribution in [0.5, 0.6) is 0 Å². The molecule has 33 heavy (non-hydrogen) atoms. The molecule has 4 rings (SSSR count). The molecule has 0 atom stereocenters. The second-order valence-electron chi connectivity index (χ2n) is 7.61. The summed E-state index contributed by atoms with van der Waals surface area (Å²) in [7, 11) is 0. The number of aromatic nitrogens is 3. The molecule has 0 aliphatic carbocycles. The number of ether oxygens (including phenoxy) is 1. The topological polar surface area (TPSA) is 96.3 Å². The van der Waals surface area contributed by atoms with E-state index in [-0.39, 0.29) is 41.4 Å². The van der Waals surface area contributed by atoms with Gasteiger partial charge in [-0.2, -0.15) is 0 Å². The molecular formula is C24H22FN3O5. The molecule has 0 aliphatic heterocycles. The second-order valence-corrected chi connectivity index (χ2v) is 7.61. The van der Waals surface area contributed by atoms with Gasteiger partial charge in [0.15, 0.2) is 5.78 Å². The highest BCUT2D eigenvalue weighted by molar-refractivity contribution is 6.03. The summed E-state index contributed by atoms with van der Waals surface area (Å²) in [6.45, 7) is 6.51. The zero-order chi connectivity index (χ0) is 23.9. The lowest BCUT2D eigenvalue weighted by molar-refractivity contribution is 0.0526. The fraction of sp³-hybridized carbons (Fsp3) is 0.250. The SMILES string of the molecule is CCOC(=O)c1c(C)oc2ncn(CC(=O)c3cc(C)n(-c4ccccc4F)c3C)c(=O)c12. The summed E-state index contributed by atoms with van der Waals surface area (Å²) in [5.41, 5.74) is 1.34. The van der Waals surface area contributed by atoms with E-state index in [4.69, 9.17) is 9.15 Å². The van der Waals surface area contributed by atoms with Crippen molar-refractivity contribution in [2.45, 2.75) is 34.2 Å². The maximum absolute atomic E-state index is 14.3. The zero-order valence-corrected chi connectivity index (χ0v) is 18.6. The summed E-state index contributed by atoms with van der Waals surface area (Å²) in [5.74, 6) is -1.24. The molecule has 0 amide bonds. The smallest absolute Gasteiger partial charge is 0.342 e.